The molecule has 1 N–H and O–H groups in total. The van der Waals surface area contributed by atoms with Crippen LogP contribution in [0.1, 0.15) is 18.9 Å². The van der Waals surface area contributed by atoms with Crippen LogP contribution in [-0.4, -0.2) is 18.5 Å². The molecule has 0 spiro atoms. The SMILES string of the molecule is CCc1ccc2c(N3CCC(=O)NC3=O)cccc2c1. The Morgan fingerprint density at radius 1 is 1.20 bits per heavy atom. The van der Waals surface area contributed by atoms with Crippen LogP contribution in [0.2, 0.25) is 0 Å². The summed E-state index contributed by atoms with van der Waals surface area (Å²) in [5, 5.41) is 4.52. The van der Waals surface area contributed by atoms with Crippen LogP contribution >= 0.6 is 0 Å². The molecule has 0 atom stereocenters. The van der Waals surface area contributed by atoms with Crippen LogP contribution < -0.4 is 10.2 Å². The number of nitrogens with zero attached hydrogens (tertiary/aromatic N) is 1. The molecule has 20 heavy (non-hydrogen) atoms. The van der Waals surface area contributed by atoms with Crippen LogP contribution in [0, 0.1) is 0 Å². The van der Waals surface area contributed by atoms with E-state index in [1.54, 1.807) is 4.90 Å². The van der Waals surface area contributed by atoms with Crippen molar-refractivity contribution < 1.29 is 9.59 Å². The van der Waals surface area contributed by atoms with Gasteiger partial charge in [0, 0.05) is 18.4 Å². The number of carbonyl (C=O) groups excluding carboxylic acids is 2. The van der Waals surface area contributed by atoms with Crippen LogP contribution in [0.3, 0.4) is 0 Å². The lowest BCUT2D eigenvalue weighted by atomic mass is 10.0. The predicted octanol–water partition coefficient (Wildman–Crippen LogP) is 2.85. The zero-order chi connectivity index (χ0) is 14.1. The van der Waals surface area contributed by atoms with Crippen molar-refractivity contribution in [3.63, 3.8) is 0 Å². The molecule has 4 heteroatoms. The highest BCUT2D eigenvalue weighted by atomic mass is 16.2. The molecule has 1 fully saturated rings. The first-order valence-corrected chi connectivity index (χ1v) is 6.82. The smallest absolute Gasteiger partial charge is 0.293 e. The lowest BCUT2D eigenvalue weighted by molar-refractivity contribution is -0.120. The molecule has 0 saturated carbocycles. The van der Waals surface area contributed by atoms with Gasteiger partial charge in [0.05, 0.1) is 5.69 Å². The summed E-state index contributed by atoms with van der Waals surface area (Å²) in [4.78, 5) is 24.8. The zero-order valence-electron chi connectivity index (χ0n) is 11.3. The molecular weight excluding hydrogens is 252 g/mol. The fourth-order valence-corrected chi connectivity index (χ4v) is 2.57. The topological polar surface area (TPSA) is 49.4 Å². The maximum absolute atomic E-state index is 12.0. The summed E-state index contributed by atoms with van der Waals surface area (Å²) in [5.74, 6) is -0.209. The quantitative estimate of drug-likeness (QED) is 0.910. The summed E-state index contributed by atoms with van der Waals surface area (Å²) < 4.78 is 0. The third kappa shape index (κ3) is 2.13. The van der Waals surface area contributed by atoms with Crippen molar-refractivity contribution in [3.05, 3.63) is 42.0 Å². The third-order valence-corrected chi connectivity index (χ3v) is 3.67. The van der Waals surface area contributed by atoms with Crippen LogP contribution in [0.25, 0.3) is 10.8 Å². The second-order valence-corrected chi connectivity index (χ2v) is 4.94. The van der Waals surface area contributed by atoms with E-state index in [1.807, 2.05) is 24.3 Å². The number of benzene rings is 2. The first-order chi connectivity index (χ1) is 9.69. The molecule has 0 aromatic heterocycles. The van der Waals surface area contributed by atoms with Crippen molar-refractivity contribution in [2.45, 2.75) is 19.8 Å². The Labute approximate surface area is 117 Å². The van der Waals surface area contributed by atoms with E-state index in [0.717, 1.165) is 22.9 Å². The second kappa shape index (κ2) is 4.96. The molecule has 2 aromatic rings. The minimum atomic E-state index is -0.340. The minimum absolute atomic E-state index is 0.209. The summed E-state index contributed by atoms with van der Waals surface area (Å²) in [6.07, 6.45) is 1.33. The van der Waals surface area contributed by atoms with E-state index in [1.165, 1.54) is 5.56 Å². The van der Waals surface area contributed by atoms with E-state index in [0.29, 0.717) is 13.0 Å². The van der Waals surface area contributed by atoms with Crippen molar-refractivity contribution in [1.29, 1.82) is 0 Å². The normalized spacial score (nSPS) is 15.6. The molecule has 3 amide bonds. The largest absolute Gasteiger partial charge is 0.328 e. The van der Waals surface area contributed by atoms with Crippen LogP contribution in [0.5, 0.6) is 0 Å². The molecule has 1 heterocycles. The Morgan fingerprint density at radius 2 is 2.05 bits per heavy atom. The van der Waals surface area contributed by atoms with Gasteiger partial charge in [0.1, 0.15) is 0 Å². The van der Waals surface area contributed by atoms with Crippen molar-refractivity contribution in [2.75, 3.05) is 11.4 Å². The Bertz CT molecular complexity index is 694. The molecule has 0 aliphatic carbocycles. The van der Waals surface area contributed by atoms with Crippen LogP contribution in [0.4, 0.5) is 10.5 Å². The van der Waals surface area contributed by atoms with Gasteiger partial charge in [-0.1, -0.05) is 37.3 Å². The number of hydrogen-bond donors (Lipinski definition) is 1. The number of hydrogen-bond acceptors (Lipinski definition) is 2. The van der Waals surface area contributed by atoms with Crippen molar-refractivity contribution in [1.82, 2.24) is 5.32 Å². The number of nitrogens with one attached hydrogen (secondary N) is 1. The minimum Gasteiger partial charge on any atom is -0.293 e. The number of urea groups is 1. The number of fused-ring (bicyclic) bond motifs is 1. The summed E-state index contributed by atoms with van der Waals surface area (Å²) in [5.41, 5.74) is 2.13. The van der Waals surface area contributed by atoms with E-state index < -0.39 is 0 Å². The Kier molecular flexibility index (Phi) is 3.14. The molecule has 0 bridgehead atoms. The van der Waals surface area contributed by atoms with Gasteiger partial charge in [0.15, 0.2) is 0 Å². The fraction of sp³-hybridized carbons (Fsp3) is 0.250. The Balaban J connectivity index is 2.07. The number of carbonyl (C=O) groups is 2. The highest BCUT2D eigenvalue weighted by molar-refractivity contribution is 6.09. The number of imide groups is 1. The fourth-order valence-electron chi connectivity index (χ4n) is 2.57. The van der Waals surface area contributed by atoms with E-state index >= 15 is 0 Å². The maximum atomic E-state index is 12.0. The highest BCUT2D eigenvalue weighted by Gasteiger charge is 2.25. The molecule has 1 aliphatic rings. The maximum Gasteiger partial charge on any atom is 0.328 e. The van der Waals surface area contributed by atoms with Gasteiger partial charge in [-0.25, -0.2) is 4.79 Å². The monoisotopic (exact) mass is 268 g/mol. The second-order valence-electron chi connectivity index (χ2n) is 4.94. The van der Waals surface area contributed by atoms with Crippen LogP contribution in [-0.2, 0) is 11.2 Å². The average molecular weight is 268 g/mol. The van der Waals surface area contributed by atoms with E-state index in [-0.39, 0.29) is 11.9 Å². The molecule has 1 aliphatic heterocycles. The van der Waals surface area contributed by atoms with Crippen molar-refractivity contribution in [3.8, 4) is 0 Å². The standard InChI is InChI=1S/C16H16N2O2/c1-2-11-6-7-13-12(10-11)4-3-5-14(13)18-9-8-15(19)17-16(18)20/h3-7,10H,2,8-9H2,1H3,(H,17,19,20). The van der Waals surface area contributed by atoms with Gasteiger partial charge in [-0.3, -0.25) is 15.0 Å². The number of anilines is 1. The lowest BCUT2D eigenvalue weighted by Crippen LogP contribution is -2.49. The first-order valence-electron chi connectivity index (χ1n) is 6.82. The van der Waals surface area contributed by atoms with Gasteiger partial charge in [-0.05, 0) is 23.4 Å². The van der Waals surface area contributed by atoms with Gasteiger partial charge >= 0.3 is 6.03 Å². The number of amides is 3. The molecular formula is C16H16N2O2. The molecule has 4 nitrogen and oxygen atoms in total. The van der Waals surface area contributed by atoms with Gasteiger partial charge in [0.2, 0.25) is 5.91 Å². The summed E-state index contributed by atoms with van der Waals surface area (Å²) in [6, 6.07) is 11.8. The molecule has 102 valence electrons. The van der Waals surface area contributed by atoms with Crippen molar-refractivity contribution in [2.24, 2.45) is 0 Å². The summed E-state index contributed by atoms with van der Waals surface area (Å²) in [6.45, 7) is 2.55. The highest BCUT2D eigenvalue weighted by Crippen LogP contribution is 2.28. The van der Waals surface area contributed by atoms with Gasteiger partial charge in [-0.2, -0.15) is 0 Å². The summed E-state index contributed by atoms with van der Waals surface area (Å²) in [7, 11) is 0. The van der Waals surface area contributed by atoms with E-state index in [9.17, 15) is 9.59 Å². The zero-order valence-corrected chi connectivity index (χ0v) is 11.3. The Morgan fingerprint density at radius 3 is 2.80 bits per heavy atom. The molecule has 2 aromatic carbocycles. The molecule has 0 radical (unpaired) electrons. The predicted molar refractivity (Wildman–Crippen MR) is 78.8 cm³/mol. The van der Waals surface area contributed by atoms with Crippen molar-refractivity contribution >= 4 is 28.4 Å². The van der Waals surface area contributed by atoms with E-state index in [4.69, 9.17) is 0 Å². The lowest BCUT2D eigenvalue weighted by Gasteiger charge is -2.27. The number of aryl methyl sites for hydroxylation is 1. The molecule has 3 rings (SSSR count). The van der Waals surface area contributed by atoms with Gasteiger partial charge in [-0.15, -0.1) is 0 Å². The first kappa shape index (κ1) is 12.7. The van der Waals surface area contributed by atoms with Crippen LogP contribution in [0.15, 0.2) is 36.4 Å². The molecule has 0 unspecified atom stereocenters. The summed E-state index contributed by atoms with van der Waals surface area (Å²) >= 11 is 0. The third-order valence-electron chi connectivity index (χ3n) is 3.67. The van der Waals surface area contributed by atoms with Gasteiger partial charge in [0.25, 0.3) is 0 Å². The molecule has 1 saturated heterocycles. The van der Waals surface area contributed by atoms with Gasteiger partial charge < -0.3 is 0 Å². The Hall–Kier alpha value is -2.36. The number of rotatable bonds is 2. The average Bonchev–Trinajstić information content (AvgIpc) is 2.46. The van der Waals surface area contributed by atoms with E-state index in [2.05, 4.69) is 24.4 Å².